The molecule has 0 saturated carbocycles. The van der Waals surface area contributed by atoms with Crippen LogP contribution in [0, 0.1) is 5.82 Å². The number of aromatic nitrogens is 1. The third kappa shape index (κ3) is 1.98. The normalized spacial score (nSPS) is 22.4. The van der Waals surface area contributed by atoms with Crippen LogP contribution in [0.3, 0.4) is 0 Å². The Balaban J connectivity index is 2.15. The maximum Gasteiger partial charge on any atom is 0.150 e. The average Bonchev–Trinajstić information content (AvgIpc) is 2.85. The zero-order valence-corrected chi connectivity index (χ0v) is 11.6. The number of rotatable bonds is 2. The molecule has 1 aromatic carbocycles. The maximum absolute atomic E-state index is 14.4. The van der Waals surface area contributed by atoms with Gasteiger partial charge in [0.25, 0.3) is 0 Å². The van der Waals surface area contributed by atoms with E-state index < -0.39 is 0 Å². The standard InChI is InChI=1S/C15H18FN3O/c1-9-13(5-7-20-9)19(2)15-11(16)8-12(17)10-4-3-6-18-14(10)15/h3-4,6,8-9,13H,5,7,17H2,1-2H3. The lowest BCUT2D eigenvalue weighted by Crippen LogP contribution is -2.37. The number of likely N-dealkylation sites (N-methyl/N-ethyl adjacent to an activating group) is 1. The highest BCUT2D eigenvalue weighted by molar-refractivity contribution is 5.98. The molecule has 20 heavy (non-hydrogen) atoms. The van der Waals surface area contributed by atoms with E-state index in [1.165, 1.54) is 6.07 Å². The Morgan fingerprint density at radius 1 is 1.50 bits per heavy atom. The number of pyridine rings is 1. The number of nitrogen functional groups attached to an aromatic ring is 1. The van der Waals surface area contributed by atoms with Crippen LogP contribution in [0.15, 0.2) is 24.4 Å². The molecule has 0 spiro atoms. The lowest BCUT2D eigenvalue weighted by molar-refractivity contribution is 0.118. The van der Waals surface area contributed by atoms with Gasteiger partial charge in [0, 0.05) is 30.9 Å². The van der Waals surface area contributed by atoms with Crippen molar-refractivity contribution in [2.75, 3.05) is 24.3 Å². The van der Waals surface area contributed by atoms with E-state index in [0.29, 0.717) is 23.5 Å². The highest BCUT2D eigenvalue weighted by atomic mass is 19.1. The van der Waals surface area contributed by atoms with Gasteiger partial charge in [-0.05, 0) is 31.5 Å². The van der Waals surface area contributed by atoms with E-state index in [2.05, 4.69) is 4.98 Å². The lowest BCUT2D eigenvalue weighted by atomic mass is 10.1. The quantitative estimate of drug-likeness (QED) is 0.856. The Bertz CT molecular complexity index is 646. The summed E-state index contributed by atoms with van der Waals surface area (Å²) in [7, 11) is 1.89. The molecule has 4 nitrogen and oxygen atoms in total. The van der Waals surface area contributed by atoms with Gasteiger partial charge >= 0.3 is 0 Å². The lowest BCUT2D eigenvalue weighted by Gasteiger charge is -2.30. The van der Waals surface area contributed by atoms with Crippen molar-refractivity contribution in [2.24, 2.45) is 0 Å². The van der Waals surface area contributed by atoms with Gasteiger partial charge in [-0.15, -0.1) is 0 Å². The minimum Gasteiger partial charge on any atom is -0.398 e. The molecule has 0 radical (unpaired) electrons. The highest BCUT2D eigenvalue weighted by Crippen LogP contribution is 2.34. The molecule has 1 aliphatic rings. The van der Waals surface area contributed by atoms with Gasteiger partial charge in [-0.3, -0.25) is 4.98 Å². The van der Waals surface area contributed by atoms with Crippen molar-refractivity contribution >= 4 is 22.3 Å². The number of ether oxygens (including phenoxy) is 1. The number of nitrogens with two attached hydrogens (primary N) is 1. The summed E-state index contributed by atoms with van der Waals surface area (Å²) < 4.78 is 20.0. The highest BCUT2D eigenvalue weighted by Gasteiger charge is 2.30. The van der Waals surface area contributed by atoms with Crippen LogP contribution >= 0.6 is 0 Å². The van der Waals surface area contributed by atoms with E-state index in [4.69, 9.17) is 10.5 Å². The van der Waals surface area contributed by atoms with Gasteiger partial charge in [0.2, 0.25) is 0 Å². The van der Waals surface area contributed by atoms with Gasteiger partial charge in [0.1, 0.15) is 0 Å². The van der Waals surface area contributed by atoms with Crippen molar-refractivity contribution in [3.8, 4) is 0 Å². The van der Waals surface area contributed by atoms with E-state index in [9.17, 15) is 4.39 Å². The molecule has 1 aliphatic heterocycles. The second-order valence-electron chi connectivity index (χ2n) is 5.24. The molecule has 2 heterocycles. The van der Waals surface area contributed by atoms with Gasteiger partial charge < -0.3 is 15.4 Å². The molecular formula is C15H18FN3O. The molecule has 2 aromatic rings. The zero-order valence-electron chi connectivity index (χ0n) is 11.6. The third-order valence-electron chi connectivity index (χ3n) is 4.04. The van der Waals surface area contributed by atoms with E-state index in [0.717, 1.165) is 11.8 Å². The number of benzene rings is 1. The Morgan fingerprint density at radius 3 is 3.00 bits per heavy atom. The van der Waals surface area contributed by atoms with Crippen LogP contribution in [0.4, 0.5) is 15.8 Å². The number of hydrogen-bond acceptors (Lipinski definition) is 4. The number of halogens is 1. The first-order valence-corrected chi connectivity index (χ1v) is 6.76. The van der Waals surface area contributed by atoms with E-state index in [-0.39, 0.29) is 18.0 Å². The second-order valence-corrected chi connectivity index (χ2v) is 5.24. The van der Waals surface area contributed by atoms with Crippen molar-refractivity contribution in [3.63, 3.8) is 0 Å². The van der Waals surface area contributed by atoms with E-state index >= 15 is 0 Å². The van der Waals surface area contributed by atoms with Gasteiger partial charge in [-0.2, -0.15) is 0 Å². The molecule has 106 valence electrons. The minimum atomic E-state index is -0.338. The summed E-state index contributed by atoms with van der Waals surface area (Å²) in [6, 6.07) is 5.19. The Kier molecular flexibility index (Phi) is 3.22. The monoisotopic (exact) mass is 275 g/mol. The molecule has 0 aliphatic carbocycles. The Hall–Kier alpha value is -1.88. The summed E-state index contributed by atoms with van der Waals surface area (Å²) in [5, 5.41) is 0.780. The van der Waals surface area contributed by atoms with Crippen LogP contribution in [0.25, 0.3) is 10.9 Å². The first-order chi connectivity index (χ1) is 9.59. The Labute approximate surface area is 117 Å². The van der Waals surface area contributed by atoms with Gasteiger partial charge in [-0.1, -0.05) is 0 Å². The zero-order chi connectivity index (χ0) is 14.3. The van der Waals surface area contributed by atoms with Crippen LogP contribution < -0.4 is 10.6 Å². The minimum absolute atomic E-state index is 0.0794. The first-order valence-electron chi connectivity index (χ1n) is 6.76. The summed E-state index contributed by atoms with van der Waals surface area (Å²) in [6.07, 6.45) is 2.62. The predicted octanol–water partition coefficient (Wildman–Crippen LogP) is 2.57. The van der Waals surface area contributed by atoms with E-state index in [1.807, 2.05) is 31.0 Å². The third-order valence-corrected chi connectivity index (χ3v) is 4.04. The fraction of sp³-hybridized carbons (Fsp3) is 0.400. The second kappa shape index (κ2) is 4.90. The van der Waals surface area contributed by atoms with Crippen molar-refractivity contribution in [3.05, 3.63) is 30.2 Å². The molecule has 2 unspecified atom stereocenters. The molecule has 0 bridgehead atoms. The van der Waals surface area contributed by atoms with Gasteiger partial charge in [0.05, 0.1) is 23.3 Å². The van der Waals surface area contributed by atoms with Gasteiger partial charge in [-0.25, -0.2) is 4.39 Å². The fourth-order valence-corrected chi connectivity index (χ4v) is 2.95. The van der Waals surface area contributed by atoms with Crippen LogP contribution in [0.1, 0.15) is 13.3 Å². The molecule has 2 atom stereocenters. The molecule has 1 fully saturated rings. The summed E-state index contributed by atoms with van der Waals surface area (Å²) >= 11 is 0. The van der Waals surface area contributed by atoms with Crippen molar-refractivity contribution < 1.29 is 9.13 Å². The molecule has 0 amide bonds. The van der Waals surface area contributed by atoms with Crippen molar-refractivity contribution in [1.82, 2.24) is 4.98 Å². The van der Waals surface area contributed by atoms with Crippen LogP contribution in [-0.2, 0) is 4.74 Å². The van der Waals surface area contributed by atoms with Crippen LogP contribution in [0.5, 0.6) is 0 Å². The molecule has 3 rings (SSSR count). The summed E-state index contributed by atoms with van der Waals surface area (Å²) in [5.74, 6) is -0.338. The molecule has 1 aromatic heterocycles. The van der Waals surface area contributed by atoms with Crippen LogP contribution in [-0.4, -0.2) is 30.8 Å². The van der Waals surface area contributed by atoms with Gasteiger partial charge in [0.15, 0.2) is 5.82 Å². The van der Waals surface area contributed by atoms with Crippen molar-refractivity contribution in [1.29, 1.82) is 0 Å². The molecular weight excluding hydrogens is 257 g/mol. The van der Waals surface area contributed by atoms with E-state index in [1.54, 1.807) is 6.20 Å². The summed E-state index contributed by atoms with van der Waals surface area (Å²) in [6.45, 7) is 2.72. The Morgan fingerprint density at radius 2 is 2.30 bits per heavy atom. The largest absolute Gasteiger partial charge is 0.398 e. The van der Waals surface area contributed by atoms with Crippen molar-refractivity contribution in [2.45, 2.75) is 25.5 Å². The first kappa shape index (κ1) is 13.1. The summed E-state index contributed by atoms with van der Waals surface area (Å²) in [4.78, 5) is 6.25. The molecule has 5 heteroatoms. The number of anilines is 2. The fourth-order valence-electron chi connectivity index (χ4n) is 2.95. The SMILES string of the molecule is CC1OCCC1N(C)c1c(F)cc(N)c2cccnc12. The summed E-state index contributed by atoms with van der Waals surface area (Å²) in [5.41, 5.74) is 7.40. The smallest absolute Gasteiger partial charge is 0.150 e. The molecule has 2 N–H and O–H groups in total. The number of nitrogens with zero attached hydrogens (tertiary/aromatic N) is 2. The molecule has 1 saturated heterocycles. The van der Waals surface area contributed by atoms with Crippen LogP contribution in [0.2, 0.25) is 0 Å². The predicted molar refractivity (Wildman–Crippen MR) is 78.3 cm³/mol. The number of hydrogen-bond donors (Lipinski definition) is 1. The maximum atomic E-state index is 14.4. The average molecular weight is 275 g/mol. The number of fused-ring (bicyclic) bond motifs is 1. The topological polar surface area (TPSA) is 51.4 Å².